The second-order valence-electron chi connectivity index (χ2n) is 7.91. The number of methoxy groups -OCH3 is 2. The van der Waals surface area contributed by atoms with Crippen LogP contribution in [-0.2, 0) is 16.0 Å². The molecule has 10 nitrogen and oxygen atoms in total. The second kappa shape index (κ2) is 7.79. The topological polar surface area (TPSA) is 113 Å². The number of imidazole rings is 1. The molecule has 0 aliphatic carbocycles. The van der Waals surface area contributed by atoms with Gasteiger partial charge in [0, 0.05) is 24.2 Å². The van der Waals surface area contributed by atoms with Crippen molar-refractivity contribution >= 4 is 11.0 Å². The summed E-state index contributed by atoms with van der Waals surface area (Å²) >= 11 is 0. The van der Waals surface area contributed by atoms with Crippen LogP contribution in [0.25, 0.3) is 11.0 Å². The summed E-state index contributed by atoms with van der Waals surface area (Å²) in [4.78, 5) is 4.49. The van der Waals surface area contributed by atoms with Crippen molar-refractivity contribution < 1.29 is 28.6 Å². The highest BCUT2D eigenvalue weighted by atomic mass is 16.7. The van der Waals surface area contributed by atoms with Crippen LogP contribution >= 0.6 is 0 Å². The SMILES string of the molecule is COc1cc2ncn(C3C4OCC(O4)C(NCc4c(C)noc4C)C3O)c2cc1OC. The maximum absolute atomic E-state index is 11.4. The average Bonchev–Trinajstić information content (AvgIpc) is 3.47. The minimum absolute atomic E-state index is 0.249. The molecular weight excluding hydrogens is 404 g/mol. The molecule has 0 amide bonds. The smallest absolute Gasteiger partial charge is 0.181 e. The molecule has 166 valence electrons. The first-order chi connectivity index (χ1) is 15.0. The van der Waals surface area contributed by atoms with Crippen molar-refractivity contribution in [1.82, 2.24) is 20.0 Å². The molecule has 5 atom stereocenters. The van der Waals surface area contributed by atoms with Crippen molar-refractivity contribution in [2.24, 2.45) is 0 Å². The third-order valence-corrected chi connectivity index (χ3v) is 6.23. The Morgan fingerprint density at radius 3 is 2.71 bits per heavy atom. The van der Waals surface area contributed by atoms with Crippen molar-refractivity contribution in [3.05, 3.63) is 35.5 Å². The molecule has 3 aromatic rings. The Hall–Kier alpha value is -2.66. The molecule has 2 N–H and O–H groups in total. The van der Waals surface area contributed by atoms with Crippen LogP contribution in [0.5, 0.6) is 11.5 Å². The van der Waals surface area contributed by atoms with Crippen LogP contribution in [0.15, 0.2) is 23.0 Å². The van der Waals surface area contributed by atoms with Crippen molar-refractivity contribution in [3.63, 3.8) is 0 Å². The van der Waals surface area contributed by atoms with E-state index in [2.05, 4.69) is 15.5 Å². The van der Waals surface area contributed by atoms with E-state index in [1.54, 1.807) is 20.5 Å². The number of hydrogen-bond donors (Lipinski definition) is 2. The third-order valence-electron chi connectivity index (χ3n) is 6.23. The largest absolute Gasteiger partial charge is 0.493 e. The molecule has 2 fully saturated rings. The lowest BCUT2D eigenvalue weighted by Crippen LogP contribution is -2.57. The van der Waals surface area contributed by atoms with Gasteiger partial charge in [0.25, 0.3) is 0 Å². The van der Waals surface area contributed by atoms with E-state index in [0.717, 1.165) is 28.1 Å². The van der Waals surface area contributed by atoms with Gasteiger partial charge in [-0.1, -0.05) is 5.16 Å². The molecule has 0 spiro atoms. The van der Waals surface area contributed by atoms with Crippen molar-refractivity contribution in [2.75, 3.05) is 20.8 Å². The Kier molecular flexibility index (Phi) is 5.09. The van der Waals surface area contributed by atoms with Crippen LogP contribution in [0, 0.1) is 13.8 Å². The summed E-state index contributed by atoms with van der Waals surface area (Å²) in [6, 6.07) is 2.84. The second-order valence-corrected chi connectivity index (χ2v) is 7.91. The monoisotopic (exact) mass is 430 g/mol. The van der Waals surface area contributed by atoms with Gasteiger partial charge in [-0.2, -0.15) is 0 Å². The van der Waals surface area contributed by atoms with Crippen LogP contribution in [0.3, 0.4) is 0 Å². The molecule has 2 saturated heterocycles. The van der Waals surface area contributed by atoms with E-state index in [1.807, 2.05) is 30.5 Å². The molecule has 2 aliphatic heterocycles. The molecule has 5 rings (SSSR count). The highest BCUT2D eigenvalue weighted by Gasteiger charge is 2.51. The van der Waals surface area contributed by atoms with E-state index in [0.29, 0.717) is 24.7 Å². The van der Waals surface area contributed by atoms with Gasteiger partial charge >= 0.3 is 0 Å². The minimum atomic E-state index is -0.766. The highest BCUT2D eigenvalue weighted by Crippen LogP contribution is 2.39. The van der Waals surface area contributed by atoms with Crippen LogP contribution in [0.2, 0.25) is 0 Å². The molecule has 2 aliphatic rings. The highest BCUT2D eigenvalue weighted by molar-refractivity contribution is 5.80. The first-order valence-corrected chi connectivity index (χ1v) is 10.2. The summed E-state index contributed by atoms with van der Waals surface area (Å²) in [6.45, 7) is 4.69. The van der Waals surface area contributed by atoms with Gasteiger partial charge in [-0.3, -0.25) is 0 Å². The average molecular weight is 430 g/mol. The quantitative estimate of drug-likeness (QED) is 0.600. The molecular formula is C21H26N4O6. The van der Waals surface area contributed by atoms with E-state index in [-0.39, 0.29) is 12.1 Å². The van der Waals surface area contributed by atoms with E-state index >= 15 is 0 Å². The Balaban J connectivity index is 1.46. The molecule has 0 saturated carbocycles. The van der Waals surface area contributed by atoms with E-state index < -0.39 is 18.4 Å². The third kappa shape index (κ3) is 3.26. The predicted octanol–water partition coefficient (Wildman–Crippen LogP) is 1.47. The van der Waals surface area contributed by atoms with Crippen LogP contribution in [0.1, 0.15) is 23.1 Å². The molecule has 0 radical (unpaired) electrons. The molecule has 31 heavy (non-hydrogen) atoms. The fourth-order valence-electron chi connectivity index (χ4n) is 4.52. The standard InChI is InChI=1S/C21H26N4O6/c1-10-12(11(2)31-24-10)7-22-18-17-8-29-21(30-17)19(20(18)26)25-9-23-13-5-15(27-3)16(28-4)6-14(13)25/h5-6,9,17-22,26H,7-8H2,1-4H3. The van der Waals surface area contributed by atoms with Crippen molar-refractivity contribution in [3.8, 4) is 11.5 Å². The Bertz CT molecular complexity index is 1080. The lowest BCUT2D eigenvalue weighted by molar-refractivity contribution is -0.164. The van der Waals surface area contributed by atoms with Gasteiger partial charge in [-0.25, -0.2) is 4.98 Å². The van der Waals surface area contributed by atoms with Gasteiger partial charge in [0.2, 0.25) is 0 Å². The van der Waals surface area contributed by atoms with E-state index in [4.69, 9.17) is 23.5 Å². The normalized spacial score (nSPS) is 27.7. The zero-order valence-corrected chi connectivity index (χ0v) is 17.9. The molecule has 2 aromatic heterocycles. The Labute approximate surface area is 179 Å². The zero-order valence-electron chi connectivity index (χ0n) is 17.9. The molecule has 5 unspecified atom stereocenters. The van der Waals surface area contributed by atoms with E-state index in [9.17, 15) is 5.11 Å². The number of hydrogen-bond acceptors (Lipinski definition) is 9. The number of fused-ring (bicyclic) bond motifs is 3. The lowest BCUT2D eigenvalue weighted by atomic mass is 9.95. The number of aliphatic hydroxyl groups excluding tert-OH is 1. The van der Waals surface area contributed by atoms with E-state index in [1.165, 1.54) is 0 Å². The number of nitrogens with one attached hydrogen (secondary N) is 1. The number of aliphatic hydroxyl groups is 1. The number of ether oxygens (including phenoxy) is 4. The fourth-order valence-corrected chi connectivity index (χ4v) is 4.52. The Morgan fingerprint density at radius 1 is 1.23 bits per heavy atom. The zero-order chi connectivity index (χ0) is 21.7. The number of rotatable bonds is 6. The van der Waals surface area contributed by atoms with Crippen LogP contribution < -0.4 is 14.8 Å². The number of aryl methyl sites for hydroxylation is 2. The van der Waals surface area contributed by atoms with Gasteiger partial charge < -0.3 is 38.5 Å². The molecule has 10 heteroatoms. The predicted molar refractivity (Wildman–Crippen MR) is 109 cm³/mol. The summed E-state index contributed by atoms with van der Waals surface area (Å²) in [6.07, 6.45) is 0.106. The number of nitrogens with zero attached hydrogens (tertiary/aromatic N) is 3. The first-order valence-electron chi connectivity index (χ1n) is 10.2. The van der Waals surface area contributed by atoms with Gasteiger partial charge in [-0.15, -0.1) is 0 Å². The molecule has 2 bridgehead atoms. The Morgan fingerprint density at radius 2 is 2.00 bits per heavy atom. The summed E-state index contributed by atoms with van der Waals surface area (Å²) in [7, 11) is 3.17. The van der Waals surface area contributed by atoms with Crippen LogP contribution in [-0.4, -0.2) is 65.2 Å². The summed E-state index contributed by atoms with van der Waals surface area (Å²) in [5.74, 6) is 1.94. The summed E-state index contributed by atoms with van der Waals surface area (Å²) in [5.41, 5.74) is 3.33. The number of aromatic nitrogens is 3. The van der Waals surface area contributed by atoms with Gasteiger partial charge in [0.05, 0.1) is 56.0 Å². The lowest BCUT2D eigenvalue weighted by Gasteiger charge is -2.39. The molecule has 4 heterocycles. The maximum atomic E-state index is 11.4. The van der Waals surface area contributed by atoms with Crippen molar-refractivity contribution in [2.45, 2.75) is 51.0 Å². The molecule has 1 aromatic carbocycles. The maximum Gasteiger partial charge on any atom is 0.181 e. The van der Waals surface area contributed by atoms with Gasteiger partial charge in [0.15, 0.2) is 17.8 Å². The number of benzene rings is 1. The minimum Gasteiger partial charge on any atom is -0.493 e. The first kappa shape index (κ1) is 20.3. The van der Waals surface area contributed by atoms with Gasteiger partial charge in [-0.05, 0) is 13.8 Å². The van der Waals surface area contributed by atoms with Crippen molar-refractivity contribution in [1.29, 1.82) is 0 Å². The van der Waals surface area contributed by atoms with Gasteiger partial charge in [0.1, 0.15) is 17.9 Å². The summed E-state index contributed by atoms with van der Waals surface area (Å²) in [5, 5.41) is 18.8. The van der Waals surface area contributed by atoms with Crippen LogP contribution in [0.4, 0.5) is 0 Å². The summed E-state index contributed by atoms with van der Waals surface area (Å²) < 4.78 is 30.0. The fraction of sp³-hybridized carbons (Fsp3) is 0.524.